The topological polar surface area (TPSA) is 114 Å². The first-order valence-corrected chi connectivity index (χ1v) is 12.1. The van der Waals surface area contributed by atoms with Crippen LogP contribution in [-0.4, -0.2) is 64.0 Å². The van der Waals surface area contributed by atoms with Crippen molar-refractivity contribution in [2.75, 3.05) is 32.8 Å². The molecule has 1 saturated heterocycles. The number of nitrogens with one attached hydrogen (secondary N) is 2. The standard InChI is InChI=1S/C22H25F2N3O6S/c23-22(24)33-19-7-3-6-16(12-19)21(29)26-14-20(28)25-13-17-4-1-2-5-18(17)15-34(30,31)27-8-10-32-11-9-27/h1-7,12,22H,8-11,13-15H2,(H,25,28)(H,26,29). The molecule has 0 aromatic heterocycles. The Balaban J connectivity index is 1.53. The van der Waals surface area contributed by atoms with Crippen LogP contribution in [0.3, 0.4) is 0 Å². The SMILES string of the molecule is O=C(CNC(=O)c1cccc(OC(F)F)c1)NCc1ccccc1CS(=O)(=O)N1CCOCC1. The van der Waals surface area contributed by atoms with Crippen molar-refractivity contribution in [3.8, 4) is 5.75 Å². The van der Waals surface area contributed by atoms with E-state index in [0.717, 1.165) is 6.07 Å². The first-order valence-electron chi connectivity index (χ1n) is 10.5. The van der Waals surface area contributed by atoms with E-state index in [9.17, 15) is 26.8 Å². The quantitative estimate of drug-likeness (QED) is 0.514. The highest BCUT2D eigenvalue weighted by Gasteiger charge is 2.25. The van der Waals surface area contributed by atoms with Crippen molar-refractivity contribution >= 4 is 21.8 Å². The first kappa shape index (κ1) is 25.5. The van der Waals surface area contributed by atoms with E-state index in [4.69, 9.17) is 4.74 Å². The molecule has 9 nitrogen and oxygen atoms in total. The van der Waals surface area contributed by atoms with E-state index in [0.29, 0.717) is 37.4 Å². The number of morpholine rings is 1. The third-order valence-corrected chi connectivity index (χ3v) is 6.85. The smallest absolute Gasteiger partial charge is 0.387 e. The summed E-state index contributed by atoms with van der Waals surface area (Å²) in [5, 5.41) is 5.05. The summed E-state index contributed by atoms with van der Waals surface area (Å²) in [5.74, 6) is -1.51. The molecule has 0 saturated carbocycles. The van der Waals surface area contributed by atoms with Crippen molar-refractivity contribution in [3.05, 3.63) is 65.2 Å². The number of sulfonamides is 1. The highest BCUT2D eigenvalue weighted by atomic mass is 32.2. The van der Waals surface area contributed by atoms with Crippen LogP contribution in [0.15, 0.2) is 48.5 Å². The largest absolute Gasteiger partial charge is 0.435 e. The van der Waals surface area contributed by atoms with E-state index in [2.05, 4.69) is 15.4 Å². The fourth-order valence-corrected chi connectivity index (χ4v) is 4.88. The maximum Gasteiger partial charge on any atom is 0.387 e. The molecule has 1 heterocycles. The van der Waals surface area contributed by atoms with Crippen molar-refractivity contribution in [2.24, 2.45) is 0 Å². The molecule has 184 valence electrons. The van der Waals surface area contributed by atoms with Gasteiger partial charge in [-0.05, 0) is 29.3 Å². The molecule has 2 aromatic carbocycles. The van der Waals surface area contributed by atoms with Crippen LogP contribution in [-0.2, 0) is 31.9 Å². The van der Waals surface area contributed by atoms with Crippen LogP contribution in [0.1, 0.15) is 21.5 Å². The van der Waals surface area contributed by atoms with E-state index in [1.54, 1.807) is 24.3 Å². The molecular weight excluding hydrogens is 472 g/mol. The third-order valence-electron chi connectivity index (χ3n) is 5.03. The Bertz CT molecular complexity index is 1110. The van der Waals surface area contributed by atoms with Crippen molar-refractivity contribution in [3.63, 3.8) is 0 Å². The zero-order valence-corrected chi connectivity index (χ0v) is 19.0. The summed E-state index contributed by atoms with van der Waals surface area (Å²) >= 11 is 0. The molecule has 34 heavy (non-hydrogen) atoms. The molecule has 0 aliphatic carbocycles. The molecular formula is C22H25F2N3O6S. The van der Waals surface area contributed by atoms with E-state index in [-0.39, 0.29) is 30.2 Å². The van der Waals surface area contributed by atoms with Crippen LogP contribution < -0.4 is 15.4 Å². The van der Waals surface area contributed by atoms with E-state index < -0.39 is 28.4 Å². The number of nitrogens with zero attached hydrogens (tertiary/aromatic N) is 1. The molecule has 2 amide bonds. The van der Waals surface area contributed by atoms with Gasteiger partial charge in [-0.2, -0.15) is 13.1 Å². The van der Waals surface area contributed by atoms with Crippen LogP contribution in [0.2, 0.25) is 0 Å². The summed E-state index contributed by atoms with van der Waals surface area (Å²) in [6.07, 6.45) is 0. The van der Waals surface area contributed by atoms with Gasteiger partial charge in [0.05, 0.1) is 25.5 Å². The normalized spacial score (nSPS) is 14.6. The molecule has 0 radical (unpaired) electrons. The summed E-state index contributed by atoms with van der Waals surface area (Å²) in [6, 6.07) is 12.1. The van der Waals surface area contributed by atoms with E-state index >= 15 is 0 Å². The van der Waals surface area contributed by atoms with Crippen molar-refractivity contribution < 1.29 is 36.3 Å². The fourth-order valence-electron chi connectivity index (χ4n) is 3.32. The molecule has 2 aromatic rings. The summed E-state index contributed by atoms with van der Waals surface area (Å²) in [7, 11) is -3.53. The second-order valence-electron chi connectivity index (χ2n) is 7.40. The molecule has 1 fully saturated rings. The lowest BCUT2D eigenvalue weighted by molar-refractivity contribution is -0.120. The number of amides is 2. The number of benzene rings is 2. The molecule has 12 heteroatoms. The second-order valence-corrected chi connectivity index (χ2v) is 9.37. The molecule has 0 atom stereocenters. The van der Waals surface area contributed by atoms with Crippen molar-refractivity contribution in [2.45, 2.75) is 18.9 Å². The molecule has 1 aliphatic heterocycles. The lowest BCUT2D eigenvalue weighted by Gasteiger charge is -2.26. The average Bonchev–Trinajstić information content (AvgIpc) is 2.82. The minimum Gasteiger partial charge on any atom is -0.435 e. The zero-order chi connectivity index (χ0) is 24.6. The van der Waals surface area contributed by atoms with Gasteiger partial charge < -0.3 is 20.1 Å². The van der Waals surface area contributed by atoms with Gasteiger partial charge in [-0.1, -0.05) is 30.3 Å². The highest BCUT2D eigenvalue weighted by Crippen LogP contribution is 2.17. The Kier molecular flexibility index (Phi) is 8.91. The maximum absolute atomic E-state index is 12.7. The number of carbonyl (C=O) groups excluding carboxylic acids is 2. The molecule has 1 aliphatic rings. The first-order chi connectivity index (χ1) is 16.2. The highest BCUT2D eigenvalue weighted by molar-refractivity contribution is 7.88. The van der Waals surface area contributed by atoms with Gasteiger partial charge in [-0.25, -0.2) is 8.42 Å². The number of ether oxygens (including phenoxy) is 2. The lowest BCUT2D eigenvalue weighted by Crippen LogP contribution is -2.41. The Morgan fingerprint density at radius 2 is 1.74 bits per heavy atom. The van der Waals surface area contributed by atoms with Gasteiger partial charge in [0, 0.05) is 25.2 Å². The summed E-state index contributed by atoms with van der Waals surface area (Å²) in [5.41, 5.74) is 1.26. The van der Waals surface area contributed by atoms with Crippen LogP contribution in [0.4, 0.5) is 8.78 Å². The van der Waals surface area contributed by atoms with Crippen LogP contribution in [0, 0.1) is 0 Å². The molecule has 0 bridgehead atoms. The van der Waals surface area contributed by atoms with Gasteiger partial charge in [-0.3, -0.25) is 9.59 Å². The predicted molar refractivity (Wildman–Crippen MR) is 119 cm³/mol. The Hall–Kier alpha value is -3.09. The molecule has 3 rings (SSSR count). The zero-order valence-electron chi connectivity index (χ0n) is 18.2. The fraction of sp³-hybridized carbons (Fsp3) is 0.364. The van der Waals surface area contributed by atoms with Gasteiger partial charge in [0.1, 0.15) is 5.75 Å². The van der Waals surface area contributed by atoms with Crippen LogP contribution in [0.25, 0.3) is 0 Å². The lowest BCUT2D eigenvalue weighted by atomic mass is 10.1. The van der Waals surface area contributed by atoms with Gasteiger partial charge in [0.25, 0.3) is 5.91 Å². The Labute approximate surface area is 196 Å². The van der Waals surface area contributed by atoms with Gasteiger partial charge in [-0.15, -0.1) is 0 Å². The number of hydrogen-bond donors (Lipinski definition) is 2. The van der Waals surface area contributed by atoms with E-state index in [1.807, 2.05) is 0 Å². The minimum atomic E-state index is -3.53. The molecule has 0 unspecified atom stereocenters. The number of halogens is 2. The molecule has 2 N–H and O–H groups in total. The summed E-state index contributed by atoms with van der Waals surface area (Å²) in [6.45, 7) is -1.99. The average molecular weight is 498 g/mol. The van der Waals surface area contributed by atoms with Crippen LogP contribution >= 0.6 is 0 Å². The summed E-state index contributed by atoms with van der Waals surface area (Å²) < 4.78 is 61.0. The number of rotatable bonds is 10. The second kappa shape index (κ2) is 11.9. The predicted octanol–water partition coefficient (Wildman–Crippen LogP) is 1.50. The van der Waals surface area contributed by atoms with Crippen molar-refractivity contribution in [1.29, 1.82) is 0 Å². The number of hydrogen-bond acceptors (Lipinski definition) is 6. The minimum absolute atomic E-state index is 0.0598. The number of alkyl halides is 2. The van der Waals surface area contributed by atoms with E-state index in [1.165, 1.54) is 22.5 Å². The number of carbonyl (C=O) groups is 2. The van der Waals surface area contributed by atoms with Gasteiger partial charge in [0.2, 0.25) is 15.9 Å². The maximum atomic E-state index is 12.7. The third kappa shape index (κ3) is 7.47. The van der Waals surface area contributed by atoms with Gasteiger partial charge in [0.15, 0.2) is 0 Å². The van der Waals surface area contributed by atoms with Crippen molar-refractivity contribution in [1.82, 2.24) is 14.9 Å². The Morgan fingerprint density at radius 3 is 2.44 bits per heavy atom. The monoisotopic (exact) mass is 497 g/mol. The summed E-state index contributed by atoms with van der Waals surface area (Å²) in [4.78, 5) is 24.4. The van der Waals surface area contributed by atoms with Gasteiger partial charge >= 0.3 is 6.61 Å². The molecule has 0 spiro atoms. The Morgan fingerprint density at radius 1 is 1.03 bits per heavy atom. The van der Waals surface area contributed by atoms with Crippen LogP contribution in [0.5, 0.6) is 5.75 Å².